The molecule has 0 bridgehead atoms. The first-order chi connectivity index (χ1) is 8.54. The average Bonchev–Trinajstić information content (AvgIpc) is 2.34. The molecule has 0 fully saturated rings. The number of carbonyl (C=O) groups is 2. The van der Waals surface area contributed by atoms with Crippen LogP contribution in [0.15, 0.2) is 22.7 Å². The molecule has 3 N–H and O–H groups in total. The lowest BCUT2D eigenvalue weighted by Gasteiger charge is -2.07. The van der Waals surface area contributed by atoms with Gasteiger partial charge < -0.3 is 15.8 Å². The van der Waals surface area contributed by atoms with Crippen LogP contribution in [0.4, 0.5) is 0 Å². The van der Waals surface area contributed by atoms with Crippen molar-refractivity contribution >= 4 is 27.7 Å². The van der Waals surface area contributed by atoms with Gasteiger partial charge in [0, 0.05) is 18.5 Å². The van der Waals surface area contributed by atoms with Crippen molar-refractivity contribution in [3.8, 4) is 5.75 Å². The fourth-order valence-corrected chi connectivity index (χ4v) is 1.91. The number of carbonyl (C=O) groups excluding carboxylic acids is 2. The lowest BCUT2D eigenvalue weighted by molar-refractivity contribution is -0.118. The number of primary amides is 1. The van der Waals surface area contributed by atoms with E-state index in [1.54, 1.807) is 25.3 Å². The van der Waals surface area contributed by atoms with Gasteiger partial charge in [-0.15, -0.1) is 0 Å². The first kappa shape index (κ1) is 14.5. The number of rotatable bonds is 6. The van der Waals surface area contributed by atoms with E-state index in [1.807, 2.05) is 0 Å². The number of methoxy groups -OCH3 is 1. The standard InChI is InChI=1S/C12H15BrN2O3/c1-18-10-5-4-8(7-9(10)13)12(17)15-6-2-3-11(14)16/h4-5,7H,2-3,6H2,1H3,(H2,14,16)(H,15,17). The Morgan fingerprint density at radius 2 is 2.17 bits per heavy atom. The molecule has 0 aliphatic heterocycles. The summed E-state index contributed by atoms with van der Waals surface area (Å²) >= 11 is 3.31. The van der Waals surface area contributed by atoms with Gasteiger partial charge in [0.1, 0.15) is 5.75 Å². The number of amides is 2. The number of halogens is 1. The fraction of sp³-hybridized carbons (Fsp3) is 0.333. The van der Waals surface area contributed by atoms with Crippen LogP contribution in [0.3, 0.4) is 0 Å². The van der Waals surface area contributed by atoms with E-state index in [1.165, 1.54) is 0 Å². The van der Waals surface area contributed by atoms with E-state index in [2.05, 4.69) is 21.2 Å². The van der Waals surface area contributed by atoms with Crippen molar-refractivity contribution in [2.75, 3.05) is 13.7 Å². The third-order valence-corrected chi connectivity index (χ3v) is 2.92. The first-order valence-corrected chi connectivity index (χ1v) is 6.24. The van der Waals surface area contributed by atoms with Gasteiger partial charge in [-0.2, -0.15) is 0 Å². The normalized spacial score (nSPS) is 9.89. The molecule has 98 valence electrons. The Morgan fingerprint density at radius 1 is 1.44 bits per heavy atom. The van der Waals surface area contributed by atoms with Gasteiger partial charge in [0.15, 0.2) is 0 Å². The molecule has 0 saturated carbocycles. The minimum absolute atomic E-state index is 0.192. The zero-order valence-electron chi connectivity index (χ0n) is 10.0. The molecule has 0 atom stereocenters. The lowest BCUT2D eigenvalue weighted by atomic mass is 10.2. The highest BCUT2D eigenvalue weighted by atomic mass is 79.9. The van der Waals surface area contributed by atoms with Gasteiger partial charge in [-0.3, -0.25) is 9.59 Å². The summed E-state index contributed by atoms with van der Waals surface area (Å²) < 4.78 is 5.79. The van der Waals surface area contributed by atoms with E-state index < -0.39 is 0 Å². The summed E-state index contributed by atoms with van der Waals surface area (Å²) in [4.78, 5) is 22.3. The van der Waals surface area contributed by atoms with Crippen LogP contribution in [0.2, 0.25) is 0 Å². The predicted octanol–water partition coefficient (Wildman–Crippen LogP) is 1.45. The van der Waals surface area contributed by atoms with E-state index in [-0.39, 0.29) is 18.2 Å². The topological polar surface area (TPSA) is 81.4 Å². The molecule has 0 unspecified atom stereocenters. The maximum absolute atomic E-state index is 11.8. The molecule has 0 aliphatic carbocycles. The summed E-state index contributed by atoms with van der Waals surface area (Å²) in [6.07, 6.45) is 0.811. The van der Waals surface area contributed by atoms with Gasteiger partial charge >= 0.3 is 0 Å². The van der Waals surface area contributed by atoms with Gasteiger partial charge in [-0.05, 0) is 40.5 Å². The first-order valence-electron chi connectivity index (χ1n) is 5.44. The van der Waals surface area contributed by atoms with E-state index >= 15 is 0 Å². The molecule has 5 nitrogen and oxygen atoms in total. The van der Waals surface area contributed by atoms with Crippen LogP contribution in [-0.4, -0.2) is 25.5 Å². The monoisotopic (exact) mass is 314 g/mol. The van der Waals surface area contributed by atoms with Crippen LogP contribution < -0.4 is 15.8 Å². The molecule has 0 spiro atoms. The van der Waals surface area contributed by atoms with Crippen LogP contribution >= 0.6 is 15.9 Å². The lowest BCUT2D eigenvalue weighted by Crippen LogP contribution is -2.25. The second-order valence-corrected chi connectivity index (χ2v) is 4.53. The zero-order valence-corrected chi connectivity index (χ0v) is 11.6. The molecular weight excluding hydrogens is 300 g/mol. The summed E-state index contributed by atoms with van der Waals surface area (Å²) in [5.41, 5.74) is 5.53. The number of hydrogen-bond acceptors (Lipinski definition) is 3. The van der Waals surface area contributed by atoms with Gasteiger partial charge in [-0.25, -0.2) is 0 Å². The molecule has 6 heteroatoms. The van der Waals surface area contributed by atoms with Crippen molar-refractivity contribution in [2.24, 2.45) is 5.73 Å². The third kappa shape index (κ3) is 4.37. The molecule has 0 saturated heterocycles. The quantitative estimate of drug-likeness (QED) is 0.780. The summed E-state index contributed by atoms with van der Waals surface area (Å²) in [5.74, 6) is 0.111. The molecule has 0 aliphatic rings. The van der Waals surface area contributed by atoms with Crippen LogP contribution in [0.25, 0.3) is 0 Å². The Bertz CT molecular complexity index is 449. The average molecular weight is 315 g/mol. The van der Waals surface area contributed by atoms with E-state index in [0.29, 0.717) is 24.3 Å². The molecule has 0 radical (unpaired) electrons. The smallest absolute Gasteiger partial charge is 0.251 e. The second kappa shape index (κ2) is 7.00. The van der Waals surface area contributed by atoms with E-state index in [0.717, 1.165) is 4.47 Å². The number of hydrogen-bond donors (Lipinski definition) is 2. The van der Waals surface area contributed by atoms with Gasteiger partial charge in [-0.1, -0.05) is 0 Å². The second-order valence-electron chi connectivity index (χ2n) is 3.68. The van der Waals surface area contributed by atoms with Crippen LogP contribution in [0, 0.1) is 0 Å². The van der Waals surface area contributed by atoms with E-state index in [4.69, 9.17) is 10.5 Å². The van der Waals surface area contributed by atoms with Gasteiger partial charge in [0.2, 0.25) is 5.91 Å². The fourth-order valence-electron chi connectivity index (χ4n) is 1.37. The molecule has 0 heterocycles. The predicted molar refractivity (Wildman–Crippen MR) is 71.5 cm³/mol. The minimum Gasteiger partial charge on any atom is -0.496 e. The van der Waals surface area contributed by atoms with Gasteiger partial charge in [0.05, 0.1) is 11.6 Å². The third-order valence-electron chi connectivity index (χ3n) is 2.30. The summed E-state index contributed by atoms with van der Waals surface area (Å²) in [7, 11) is 1.56. The number of ether oxygens (including phenoxy) is 1. The number of nitrogens with one attached hydrogen (secondary N) is 1. The molecule has 1 aromatic carbocycles. The summed E-state index contributed by atoms with van der Waals surface area (Å²) in [5, 5.41) is 2.71. The Labute approximate surface area is 114 Å². The highest BCUT2D eigenvalue weighted by Crippen LogP contribution is 2.25. The van der Waals surface area contributed by atoms with Crippen molar-refractivity contribution < 1.29 is 14.3 Å². The van der Waals surface area contributed by atoms with Crippen LogP contribution in [-0.2, 0) is 4.79 Å². The highest BCUT2D eigenvalue weighted by Gasteiger charge is 2.08. The molecule has 2 amide bonds. The largest absolute Gasteiger partial charge is 0.496 e. The van der Waals surface area contributed by atoms with Gasteiger partial charge in [0.25, 0.3) is 5.91 Å². The molecule has 0 aromatic heterocycles. The maximum Gasteiger partial charge on any atom is 0.251 e. The van der Waals surface area contributed by atoms with Crippen molar-refractivity contribution in [1.82, 2.24) is 5.32 Å². The zero-order chi connectivity index (χ0) is 13.5. The SMILES string of the molecule is COc1ccc(C(=O)NCCCC(N)=O)cc1Br. The minimum atomic E-state index is -0.364. The van der Waals surface area contributed by atoms with Crippen molar-refractivity contribution in [1.29, 1.82) is 0 Å². The van der Waals surface area contributed by atoms with Crippen molar-refractivity contribution in [3.05, 3.63) is 28.2 Å². The Balaban J connectivity index is 2.51. The molecule has 1 aromatic rings. The highest BCUT2D eigenvalue weighted by molar-refractivity contribution is 9.10. The molecule has 18 heavy (non-hydrogen) atoms. The Hall–Kier alpha value is -1.56. The van der Waals surface area contributed by atoms with E-state index in [9.17, 15) is 9.59 Å². The number of nitrogens with two attached hydrogens (primary N) is 1. The molecule has 1 rings (SSSR count). The Morgan fingerprint density at radius 3 is 2.72 bits per heavy atom. The molecular formula is C12H15BrN2O3. The van der Waals surface area contributed by atoms with Crippen LogP contribution in [0.1, 0.15) is 23.2 Å². The maximum atomic E-state index is 11.8. The van der Waals surface area contributed by atoms with Crippen molar-refractivity contribution in [3.63, 3.8) is 0 Å². The summed E-state index contributed by atoms with van der Waals surface area (Å²) in [6.45, 7) is 0.422. The van der Waals surface area contributed by atoms with Crippen molar-refractivity contribution in [2.45, 2.75) is 12.8 Å². The summed E-state index contributed by atoms with van der Waals surface area (Å²) in [6, 6.07) is 5.07. The number of benzene rings is 1. The van der Waals surface area contributed by atoms with Crippen LogP contribution in [0.5, 0.6) is 5.75 Å². The Kier molecular flexibility index (Phi) is 5.64.